The molecule has 0 amide bonds. The lowest BCUT2D eigenvalue weighted by Crippen LogP contribution is -2.29. The van der Waals surface area contributed by atoms with E-state index >= 15 is 0 Å². The normalized spacial score (nSPS) is 12.3. The van der Waals surface area contributed by atoms with Gasteiger partial charge in [-0.1, -0.05) is 0 Å². The van der Waals surface area contributed by atoms with E-state index in [1.807, 2.05) is 0 Å². The molecule has 2 N–H and O–H groups in total. The number of H-pyrrole nitrogens is 1. The molecule has 0 aliphatic heterocycles. The smallest absolute Gasteiger partial charge is 0.496 e. The van der Waals surface area contributed by atoms with Gasteiger partial charge < -0.3 is 9.72 Å². The summed E-state index contributed by atoms with van der Waals surface area (Å²) < 4.78 is 66.4. The van der Waals surface area contributed by atoms with Gasteiger partial charge in [0.1, 0.15) is 11.6 Å². The molecule has 7 nitrogen and oxygen atoms in total. The second kappa shape index (κ2) is 5.92. The number of hydrogen-bond acceptors (Lipinski definition) is 5. The fourth-order valence-corrected chi connectivity index (χ4v) is 2.69. The lowest BCUT2D eigenvalue weighted by molar-refractivity contribution is -0.0429. The summed E-state index contributed by atoms with van der Waals surface area (Å²) in [5.74, 6) is 0.525. The molecule has 0 aliphatic rings. The van der Waals surface area contributed by atoms with E-state index in [1.165, 1.54) is 24.0 Å². The molecule has 3 aromatic rings. The Kier molecular flexibility index (Phi) is 4.03. The molecule has 0 atom stereocenters. The van der Waals surface area contributed by atoms with E-state index in [0.29, 0.717) is 22.6 Å². The quantitative estimate of drug-likeness (QED) is 0.734. The molecule has 0 saturated heterocycles. The number of ether oxygens (including phenoxy) is 1. The number of hydrogen-bond donors (Lipinski definition) is 2. The van der Waals surface area contributed by atoms with Gasteiger partial charge in [-0.3, -0.25) is 4.72 Å². The Balaban J connectivity index is 2.00. The summed E-state index contributed by atoms with van der Waals surface area (Å²) in [7, 11) is -4.21. The summed E-state index contributed by atoms with van der Waals surface area (Å²) >= 11 is 0. The van der Waals surface area contributed by atoms with Crippen LogP contribution < -0.4 is 9.46 Å². The molecule has 25 heavy (non-hydrogen) atoms. The van der Waals surface area contributed by atoms with E-state index < -0.39 is 15.5 Å². The Labute approximate surface area is 139 Å². The van der Waals surface area contributed by atoms with Crippen LogP contribution in [0.4, 0.5) is 18.9 Å². The molecule has 11 heteroatoms. The third kappa shape index (κ3) is 3.22. The van der Waals surface area contributed by atoms with E-state index in [-0.39, 0.29) is 11.4 Å². The first-order chi connectivity index (χ1) is 11.7. The van der Waals surface area contributed by atoms with Gasteiger partial charge in [-0.15, -0.1) is 0 Å². The second-order valence-corrected chi connectivity index (χ2v) is 6.60. The third-order valence-electron chi connectivity index (χ3n) is 3.27. The predicted octanol–water partition coefficient (Wildman–Crippen LogP) is 2.90. The molecule has 0 saturated carbocycles. The number of nitrogens with one attached hydrogen (secondary N) is 2. The topological polar surface area (TPSA) is 97.0 Å². The molecule has 0 fully saturated rings. The molecule has 0 radical (unpaired) electrons. The Morgan fingerprint density at radius 1 is 1.24 bits per heavy atom. The van der Waals surface area contributed by atoms with Crippen molar-refractivity contribution < 1.29 is 26.3 Å². The number of nitrogens with zero attached hydrogens (tertiary/aromatic N) is 2. The summed E-state index contributed by atoms with van der Waals surface area (Å²) in [6.45, 7) is 0. The monoisotopic (exact) mass is 372 g/mol. The minimum Gasteiger partial charge on any atom is -0.496 e. The Bertz CT molecular complexity index is 998. The number of aromatic nitrogens is 3. The molecule has 1 aromatic carbocycles. The third-order valence-corrected chi connectivity index (χ3v) is 4.38. The SMILES string of the molecule is COc1cc(NS(=O)(=O)C(F)(F)F)ccc1-c1nc2ncccc2[nH]1. The average molecular weight is 372 g/mol. The molecule has 132 valence electrons. The molecule has 2 aromatic heterocycles. The maximum atomic E-state index is 12.5. The highest BCUT2D eigenvalue weighted by molar-refractivity contribution is 7.93. The van der Waals surface area contributed by atoms with Crippen molar-refractivity contribution >= 4 is 26.9 Å². The van der Waals surface area contributed by atoms with Crippen LogP contribution >= 0.6 is 0 Å². The first kappa shape index (κ1) is 17.0. The van der Waals surface area contributed by atoms with Crippen LogP contribution in [0, 0.1) is 0 Å². The van der Waals surface area contributed by atoms with Crippen molar-refractivity contribution in [3.63, 3.8) is 0 Å². The average Bonchev–Trinajstić information content (AvgIpc) is 2.97. The van der Waals surface area contributed by atoms with Crippen LogP contribution in [-0.4, -0.2) is 36.0 Å². The maximum Gasteiger partial charge on any atom is 0.516 e. The van der Waals surface area contributed by atoms with E-state index in [9.17, 15) is 21.6 Å². The highest BCUT2D eigenvalue weighted by atomic mass is 32.2. The van der Waals surface area contributed by atoms with Crippen molar-refractivity contribution in [1.29, 1.82) is 0 Å². The maximum absolute atomic E-state index is 12.5. The van der Waals surface area contributed by atoms with Gasteiger partial charge in [-0.2, -0.15) is 21.6 Å². The van der Waals surface area contributed by atoms with Crippen molar-refractivity contribution in [1.82, 2.24) is 15.0 Å². The summed E-state index contributed by atoms with van der Waals surface area (Å²) in [4.78, 5) is 11.4. The number of pyridine rings is 1. The number of methoxy groups -OCH3 is 1. The summed E-state index contributed by atoms with van der Waals surface area (Å²) in [5, 5.41) is 0. The van der Waals surface area contributed by atoms with Gasteiger partial charge in [0.25, 0.3) is 0 Å². The molecular weight excluding hydrogens is 361 g/mol. The Morgan fingerprint density at radius 3 is 2.64 bits per heavy atom. The van der Waals surface area contributed by atoms with Crippen molar-refractivity contribution in [3.8, 4) is 17.1 Å². The van der Waals surface area contributed by atoms with E-state index in [4.69, 9.17) is 4.74 Å². The van der Waals surface area contributed by atoms with E-state index in [2.05, 4.69) is 15.0 Å². The van der Waals surface area contributed by atoms with Crippen LogP contribution in [0.15, 0.2) is 36.5 Å². The zero-order chi connectivity index (χ0) is 18.2. The standard InChI is InChI=1S/C14H11F3N4O3S/c1-24-11-7-8(21-25(22,23)14(15,16)17)4-5-9(11)12-19-10-3-2-6-18-13(10)20-12/h2-7,21H,1H3,(H,18,19,20). The van der Waals surface area contributed by atoms with Gasteiger partial charge in [0.2, 0.25) is 0 Å². The first-order valence-electron chi connectivity index (χ1n) is 6.79. The summed E-state index contributed by atoms with van der Waals surface area (Å²) in [5.41, 5.74) is -4.13. The number of benzene rings is 1. The van der Waals surface area contributed by atoms with Gasteiger partial charge in [-0.05, 0) is 24.3 Å². The van der Waals surface area contributed by atoms with E-state index in [0.717, 1.165) is 6.07 Å². The van der Waals surface area contributed by atoms with Crippen molar-refractivity contribution in [3.05, 3.63) is 36.5 Å². The minimum atomic E-state index is -5.51. The molecule has 0 unspecified atom stereocenters. The number of halogens is 3. The highest BCUT2D eigenvalue weighted by Gasteiger charge is 2.46. The second-order valence-electron chi connectivity index (χ2n) is 4.93. The molecule has 0 spiro atoms. The zero-order valence-electron chi connectivity index (χ0n) is 12.6. The number of fused-ring (bicyclic) bond motifs is 1. The molecule has 3 rings (SSSR count). The van der Waals surface area contributed by atoms with Crippen LogP contribution in [0.25, 0.3) is 22.6 Å². The van der Waals surface area contributed by atoms with Gasteiger partial charge in [0.15, 0.2) is 5.65 Å². The number of imidazole rings is 1. The number of aromatic amines is 1. The lowest BCUT2D eigenvalue weighted by Gasteiger charge is -2.13. The first-order valence-corrected chi connectivity index (χ1v) is 8.28. The molecular formula is C14H11F3N4O3S. The minimum absolute atomic E-state index is 0.140. The van der Waals surface area contributed by atoms with Gasteiger partial charge >= 0.3 is 15.5 Å². The van der Waals surface area contributed by atoms with Gasteiger partial charge in [0.05, 0.1) is 23.9 Å². The Morgan fingerprint density at radius 2 is 2.00 bits per heavy atom. The number of anilines is 1. The van der Waals surface area contributed by atoms with E-state index in [1.54, 1.807) is 18.3 Å². The van der Waals surface area contributed by atoms with Crippen molar-refractivity contribution in [2.45, 2.75) is 5.51 Å². The van der Waals surface area contributed by atoms with Crippen LogP contribution in [0.1, 0.15) is 0 Å². The fourth-order valence-electron chi connectivity index (χ4n) is 2.14. The fraction of sp³-hybridized carbons (Fsp3) is 0.143. The van der Waals surface area contributed by atoms with Crippen LogP contribution in [0.2, 0.25) is 0 Å². The van der Waals surface area contributed by atoms with Crippen molar-refractivity contribution in [2.24, 2.45) is 0 Å². The van der Waals surface area contributed by atoms with Gasteiger partial charge in [-0.25, -0.2) is 9.97 Å². The zero-order valence-corrected chi connectivity index (χ0v) is 13.4. The van der Waals surface area contributed by atoms with Crippen LogP contribution in [0.5, 0.6) is 5.75 Å². The van der Waals surface area contributed by atoms with Crippen molar-refractivity contribution in [2.75, 3.05) is 11.8 Å². The van der Waals surface area contributed by atoms with Crippen LogP contribution in [-0.2, 0) is 10.0 Å². The predicted molar refractivity (Wildman–Crippen MR) is 84.5 cm³/mol. The molecule has 2 heterocycles. The number of rotatable bonds is 4. The lowest BCUT2D eigenvalue weighted by atomic mass is 10.1. The van der Waals surface area contributed by atoms with Crippen LogP contribution in [0.3, 0.4) is 0 Å². The number of sulfonamides is 1. The molecule has 0 bridgehead atoms. The highest BCUT2D eigenvalue weighted by Crippen LogP contribution is 2.33. The molecule has 0 aliphatic carbocycles. The number of alkyl halides is 3. The largest absolute Gasteiger partial charge is 0.516 e. The summed E-state index contributed by atoms with van der Waals surface area (Å²) in [6, 6.07) is 7.19. The van der Waals surface area contributed by atoms with Gasteiger partial charge in [0, 0.05) is 12.3 Å². The Hall–Kier alpha value is -2.82. The summed E-state index contributed by atoms with van der Waals surface area (Å²) in [6.07, 6.45) is 1.57.